The molecule has 0 atom stereocenters. The first-order chi connectivity index (χ1) is 9.58. The molecule has 0 fully saturated rings. The van der Waals surface area contributed by atoms with Gasteiger partial charge in [-0.25, -0.2) is 4.79 Å². The fraction of sp³-hybridized carbons (Fsp3) is 0.188. The molecule has 0 amide bonds. The molecule has 2 aromatic carbocycles. The van der Waals surface area contributed by atoms with Crippen molar-refractivity contribution in [3.63, 3.8) is 0 Å². The molecular formula is C16H16ClNO2. The Balaban J connectivity index is 2.06. The molecule has 0 spiro atoms. The molecule has 4 heteroatoms. The van der Waals surface area contributed by atoms with Crippen molar-refractivity contribution in [1.29, 1.82) is 0 Å². The lowest BCUT2D eigenvalue weighted by Crippen LogP contribution is -2.10. The highest BCUT2D eigenvalue weighted by atomic mass is 35.5. The van der Waals surface area contributed by atoms with E-state index in [1.165, 1.54) is 17.2 Å². The van der Waals surface area contributed by atoms with Gasteiger partial charge in [0.1, 0.15) is 0 Å². The number of benzene rings is 2. The van der Waals surface area contributed by atoms with Crippen LogP contribution in [0.1, 0.15) is 21.5 Å². The van der Waals surface area contributed by atoms with E-state index < -0.39 is 5.97 Å². The van der Waals surface area contributed by atoms with E-state index in [2.05, 4.69) is 24.4 Å². The molecule has 2 rings (SSSR count). The van der Waals surface area contributed by atoms with Gasteiger partial charge in [0.2, 0.25) is 0 Å². The largest absolute Gasteiger partial charge is 0.478 e. The maximum absolute atomic E-state index is 11.1. The molecule has 104 valence electrons. The van der Waals surface area contributed by atoms with Gasteiger partial charge in [-0.15, -0.1) is 0 Å². The Bertz CT molecular complexity index is 626. The fourth-order valence-electron chi connectivity index (χ4n) is 2.07. The van der Waals surface area contributed by atoms with E-state index in [1.807, 2.05) is 12.1 Å². The first-order valence-electron chi connectivity index (χ1n) is 6.39. The van der Waals surface area contributed by atoms with Crippen molar-refractivity contribution in [2.45, 2.75) is 13.3 Å². The summed E-state index contributed by atoms with van der Waals surface area (Å²) < 4.78 is 0. The average Bonchev–Trinajstić information content (AvgIpc) is 2.41. The zero-order chi connectivity index (χ0) is 14.5. The van der Waals surface area contributed by atoms with Gasteiger partial charge in [0.15, 0.2) is 0 Å². The van der Waals surface area contributed by atoms with E-state index in [0.717, 1.165) is 6.42 Å². The molecule has 3 nitrogen and oxygen atoms in total. The number of hydrogen-bond donors (Lipinski definition) is 2. The summed E-state index contributed by atoms with van der Waals surface area (Å²) >= 11 is 5.91. The average molecular weight is 290 g/mol. The molecule has 0 aliphatic carbocycles. The van der Waals surface area contributed by atoms with Crippen molar-refractivity contribution in [3.8, 4) is 0 Å². The predicted octanol–water partition coefficient (Wildman–Crippen LogP) is 4.00. The van der Waals surface area contributed by atoms with E-state index >= 15 is 0 Å². The minimum absolute atomic E-state index is 0.235. The van der Waals surface area contributed by atoms with Crippen LogP contribution in [0.4, 0.5) is 5.69 Å². The normalized spacial score (nSPS) is 10.3. The second-order valence-electron chi connectivity index (χ2n) is 4.60. The second kappa shape index (κ2) is 6.44. The number of anilines is 1. The number of rotatable bonds is 5. The van der Waals surface area contributed by atoms with Crippen LogP contribution in [0.2, 0.25) is 5.02 Å². The Morgan fingerprint density at radius 1 is 1.25 bits per heavy atom. The number of carboxylic acid groups (broad SMARTS) is 1. The Morgan fingerprint density at radius 2 is 2.00 bits per heavy atom. The highest BCUT2D eigenvalue weighted by Crippen LogP contribution is 2.21. The summed E-state index contributed by atoms with van der Waals surface area (Å²) in [5.41, 5.74) is 3.27. The molecule has 0 aromatic heterocycles. The van der Waals surface area contributed by atoms with E-state index in [4.69, 9.17) is 16.7 Å². The topological polar surface area (TPSA) is 49.3 Å². The molecule has 2 N–H and O–H groups in total. The maximum atomic E-state index is 11.1. The van der Waals surface area contributed by atoms with Gasteiger partial charge >= 0.3 is 5.97 Å². The monoisotopic (exact) mass is 289 g/mol. The van der Waals surface area contributed by atoms with Crippen molar-refractivity contribution in [1.82, 2.24) is 0 Å². The van der Waals surface area contributed by atoms with E-state index in [1.54, 1.807) is 12.1 Å². The van der Waals surface area contributed by atoms with Crippen LogP contribution < -0.4 is 5.32 Å². The zero-order valence-corrected chi connectivity index (χ0v) is 11.9. The second-order valence-corrected chi connectivity index (χ2v) is 5.03. The molecule has 0 unspecified atom stereocenters. The summed E-state index contributed by atoms with van der Waals surface area (Å²) in [6.07, 6.45) is 0.832. The number of nitrogens with one attached hydrogen (secondary N) is 1. The molecule has 20 heavy (non-hydrogen) atoms. The SMILES string of the molecule is Cc1ccccc1CCNc1cc(Cl)ccc1C(=O)O. The summed E-state index contributed by atoms with van der Waals surface area (Å²) in [6, 6.07) is 12.9. The summed E-state index contributed by atoms with van der Waals surface area (Å²) in [6.45, 7) is 2.73. The summed E-state index contributed by atoms with van der Waals surface area (Å²) in [7, 11) is 0. The van der Waals surface area contributed by atoms with Gasteiger partial charge in [-0.05, 0) is 42.7 Å². The van der Waals surface area contributed by atoms with Gasteiger partial charge in [-0.1, -0.05) is 35.9 Å². The van der Waals surface area contributed by atoms with Crippen molar-refractivity contribution in [2.75, 3.05) is 11.9 Å². The number of carbonyl (C=O) groups is 1. The van der Waals surface area contributed by atoms with Gasteiger partial charge in [0.05, 0.1) is 11.3 Å². The fourth-order valence-corrected chi connectivity index (χ4v) is 2.24. The lowest BCUT2D eigenvalue weighted by molar-refractivity contribution is 0.0698. The smallest absolute Gasteiger partial charge is 0.337 e. The Morgan fingerprint density at radius 3 is 2.70 bits per heavy atom. The van der Waals surface area contributed by atoms with Gasteiger partial charge in [0.25, 0.3) is 0 Å². The van der Waals surface area contributed by atoms with E-state index in [-0.39, 0.29) is 5.56 Å². The van der Waals surface area contributed by atoms with Gasteiger partial charge in [-0.2, -0.15) is 0 Å². The van der Waals surface area contributed by atoms with Crippen LogP contribution in [0.5, 0.6) is 0 Å². The molecule has 0 radical (unpaired) electrons. The lowest BCUT2D eigenvalue weighted by Gasteiger charge is -2.11. The number of aryl methyl sites for hydroxylation is 1. The summed E-state index contributed by atoms with van der Waals surface area (Å²) in [5, 5.41) is 12.8. The molecule has 0 aliphatic heterocycles. The molecule has 0 aliphatic rings. The summed E-state index contributed by atoms with van der Waals surface area (Å²) in [5.74, 6) is -0.958. The van der Waals surface area contributed by atoms with Crippen molar-refractivity contribution < 1.29 is 9.90 Å². The van der Waals surface area contributed by atoms with Crippen LogP contribution in [0.25, 0.3) is 0 Å². The Hall–Kier alpha value is -2.00. The number of carboxylic acids is 1. The highest BCUT2D eigenvalue weighted by Gasteiger charge is 2.10. The minimum Gasteiger partial charge on any atom is -0.478 e. The molecular weight excluding hydrogens is 274 g/mol. The molecule has 0 saturated heterocycles. The third kappa shape index (κ3) is 3.52. The lowest BCUT2D eigenvalue weighted by atomic mass is 10.1. The van der Waals surface area contributed by atoms with Crippen LogP contribution in [0.15, 0.2) is 42.5 Å². The van der Waals surface area contributed by atoms with Crippen LogP contribution in [0, 0.1) is 6.92 Å². The minimum atomic E-state index is -0.958. The first kappa shape index (κ1) is 14.4. The van der Waals surface area contributed by atoms with E-state index in [0.29, 0.717) is 17.3 Å². The van der Waals surface area contributed by atoms with Crippen LogP contribution in [-0.2, 0) is 6.42 Å². The predicted molar refractivity (Wildman–Crippen MR) is 81.8 cm³/mol. The van der Waals surface area contributed by atoms with E-state index in [9.17, 15) is 4.79 Å². The molecule has 0 heterocycles. The zero-order valence-electron chi connectivity index (χ0n) is 11.2. The van der Waals surface area contributed by atoms with Crippen molar-refractivity contribution in [3.05, 3.63) is 64.2 Å². The van der Waals surface area contributed by atoms with Crippen LogP contribution in [0.3, 0.4) is 0 Å². The number of aromatic carboxylic acids is 1. The van der Waals surface area contributed by atoms with Crippen molar-refractivity contribution in [2.24, 2.45) is 0 Å². The van der Waals surface area contributed by atoms with Gasteiger partial charge in [0, 0.05) is 11.6 Å². The summed E-state index contributed by atoms with van der Waals surface area (Å²) in [4.78, 5) is 11.1. The Labute approximate surface area is 123 Å². The molecule has 0 saturated carbocycles. The number of halogens is 1. The maximum Gasteiger partial charge on any atom is 0.337 e. The van der Waals surface area contributed by atoms with Crippen LogP contribution in [-0.4, -0.2) is 17.6 Å². The molecule has 0 bridgehead atoms. The number of hydrogen-bond acceptors (Lipinski definition) is 2. The third-order valence-corrected chi connectivity index (χ3v) is 3.42. The first-order valence-corrected chi connectivity index (χ1v) is 6.77. The third-order valence-electron chi connectivity index (χ3n) is 3.18. The van der Waals surface area contributed by atoms with Gasteiger partial charge in [-0.3, -0.25) is 0 Å². The Kier molecular flexibility index (Phi) is 4.64. The quantitative estimate of drug-likeness (QED) is 0.874. The van der Waals surface area contributed by atoms with Crippen molar-refractivity contribution >= 4 is 23.3 Å². The standard InChI is InChI=1S/C16H16ClNO2/c1-11-4-2-3-5-12(11)8-9-18-15-10-13(17)6-7-14(15)16(19)20/h2-7,10,18H,8-9H2,1H3,(H,19,20). The van der Waals surface area contributed by atoms with Gasteiger partial charge < -0.3 is 10.4 Å². The highest BCUT2D eigenvalue weighted by molar-refractivity contribution is 6.31. The van der Waals surface area contributed by atoms with Crippen LogP contribution >= 0.6 is 11.6 Å². The molecule has 2 aromatic rings.